The fraction of sp³-hybridized carbons (Fsp3) is 0.333. The van der Waals surface area contributed by atoms with Crippen LogP contribution in [0.1, 0.15) is 18.9 Å². The molecule has 2 aliphatic rings. The standard InChI is InChI=1S/C24H23F2N3O4/c1-15-10-24(14-30)13-28-21(29(24)11-15)9-20(27-23(28)31)32-12-16-7-18(25)22(19(26)8-16)33-17-5-3-2-4-6-17/h2-9,15,30H,10-14H2,1H3/t15-,24-/m1/s1. The van der Waals surface area contributed by atoms with Crippen LogP contribution in [0, 0.1) is 17.6 Å². The highest BCUT2D eigenvalue weighted by molar-refractivity contribution is 5.51. The molecule has 3 heterocycles. The van der Waals surface area contributed by atoms with Crippen LogP contribution in [0.4, 0.5) is 14.6 Å². The van der Waals surface area contributed by atoms with Gasteiger partial charge in [0.05, 0.1) is 18.7 Å². The number of anilines is 1. The maximum Gasteiger partial charge on any atom is 0.352 e. The van der Waals surface area contributed by atoms with Gasteiger partial charge in [-0.1, -0.05) is 25.1 Å². The number of halogens is 2. The number of benzene rings is 2. The minimum atomic E-state index is -0.863. The van der Waals surface area contributed by atoms with Crippen molar-refractivity contribution in [1.29, 1.82) is 0 Å². The molecule has 7 nitrogen and oxygen atoms in total. The normalized spacial score (nSPS) is 21.1. The van der Waals surface area contributed by atoms with E-state index in [2.05, 4.69) is 11.9 Å². The van der Waals surface area contributed by atoms with Crippen molar-refractivity contribution in [2.75, 3.05) is 18.1 Å². The summed E-state index contributed by atoms with van der Waals surface area (Å²) in [5.41, 5.74) is -0.763. The maximum absolute atomic E-state index is 14.5. The van der Waals surface area contributed by atoms with Crippen LogP contribution in [0.2, 0.25) is 0 Å². The molecule has 2 atom stereocenters. The molecule has 0 radical (unpaired) electrons. The highest BCUT2D eigenvalue weighted by Crippen LogP contribution is 2.43. The average molecular weight is 455 g/mol. The Morgan fingerprint density at radius 2 is 1.91 bits per heavy atom. The van der Waals surface area contributed by atoms with E-state index in [1.165, 1.54) is 4.57 Å². The van der Waals surface area contributed by atoms with Crippen molar-refractivity contribution in [3.8, 4) is 17.4 Å². The van der Waals surface area contributed by atoms with Gasteiger partial charge in [0.2, 0.25) is 5.88 Å². The van der Waals surface area contributed by atoms with Crippen LogP contribution in [0.5, 0.6) is 17.4 Å². The molecule has 2 aliphatic heterocycles. The second-order valence-electron chi connectivity index (χ2n) is 8.72. The molecule has 3 aromatic rings. The van der Waals surface area contributed by atoms with Crippen molar-refractivity contribution in [3.05, 3.63) is 76.2 Å². The van der Waals surface area contributed by atoms with Gasteiger partial charge in [-0.25, -0.2) is 13.6 Å². The quantitative estimate of drug-likeness (QED) is 0.613. The summed E-state index contributed by atoms with van der Waals surface area (Å²) >= 11 is 0. The first kappa shape index (κ1) is 21.4. The van der Waals surface area contributed by atoms with Crippen LogP contribution in [-0.4, -0.2) is 33.3 Å². The molecule has 0 saturated carbocycles. The third-order valence-corrected chi connectivity index (χ3v) is 6.19. The maximum atomic E-state index is 14.5. The van der Waals surface area contributed by atoms with Gasteiger partial charge in [0.15, 0.2) is 17.4 Å². The summed E-state index contributed by atoms with van der Waals surface area (Å²) < 4.78 is 41.5. The molecule has 1 aromatic heterocycles. The van der Waals surface area contributed by atoms with Crippen molar-refractivity contribution in [1.82, 2.24) is 9.55 Å². The van der Waals surface area contributed by atoms with E-state index in [1.807, 2.05) is 4.90 Å². The largest absolute Gasteiger partial charge is 0.473 e. The summed E-state index contributed by atoms with van der Waals surface area (Å²) in [4.78, 5) is 18.6. The number of nitrogens with zero attached hydrogens (tertiary/aromatic N) is 3. The minimum Gasteiger partial charge on any atom is -0.473 e. The molecule has 1 saturated heterocycles. The number of rotatable bonds is 6. The number of aromatic nitrogens is 2. The highest BCUT2D eigenvalue weighted by Gasteiger charge is 2.50. The predicted molar refractivity (Wildman–Crippen MR) is 117 cm³/mol. The third-order valence-electron chi connectivity index (χ3n) is 6.19. The predicted octanol–water partition coefficient (Wildman–Crippen LogP) is 3.48. The van der Waals surface area contributed by atoms with Gasteiger partial charge in [-0.05, 0) is 42.2 Å². The average Bonchev–Trinajstić information content (AvgIpc) is 3.28. The van der Waals surface area contributed by atoms with E-state index in [1.54, 1.807) is 36.4 Å². The Balaban J connectivity index is 1.35. The Labute approximate surface area is 188 Å². The highest BCUT2D eigenvalue weighted by atomic mass is 19.1. The van der Waals surface area contributed by atoms with Gasteiger partial charge < -0.3 is 19.5 Å². The fourth-order valence-electron chi connectivity index (χ4n) is 4.79. The van der Waals surface area contributed by atoms with E-state index in [0.717, 1.165) is 18.6 Å². The molecule has 1 N–H and O–H groups in total. The van der Waals surface area contributed by atoms with Gasteiger partial charge in [0.25, 0.3) is 0 Å². The Bertz CT molecular complexity index is 1230. The SMILES string of the molecule is C[C@H]1CN2c3cc(OCc4cc(F)c(Oc5ccccc5)c(F)c4)nc(=O)n3C[C@@]2(CO)C1. The second kappa shape index (κ2) is 8.15. The number of ether oxygens (including phenoxy) is 2. The van der Waals surface area contributed by atoms with E-state index in [-0.39, 0.29) is 24.7 Å². The van der Waals surface area contributed by atoms with E-state index in [4.69, 9.17) is 9.47 Å². The summed E-state index contributed by atoms with van der Waals surface area (Å²) in [6.07, 6.45) is 0.775. The van der Waals surface area contributed by atoms with Gasteiger partial charge >= 0.3 is 5.69 Å². The number of aliphatic hydroxyl groups excluding tert-OH is 1. The molecule has 0 amide bonds. The molecule has 0 aliphatic carbocycles. The van der Waals surface area contributed by atoms with Gasteiger partial charge in [0, 0.05) is 12.6 Å². The van der Waals surface area contributed by atoms with Gasteiger partial charge in [-0.3, -0.25) is 4.57 Å². The summed E-state index contributed by atoms with van der Waals surface area (Å²) in [6, 6.07) is 12.3. The van der Waals surface area contributed by atoms with Crippen LogP contribution in [0.15, 0.2) is 53.3 Å². The number of fused-ring (bicyclic) bond motifs is 3. The third kappa shape index (κ3) is 3.82. The Hall–Kier alpha value is -3.46. The van der Waals surface area contributed by atoms with Gasteiger partial charge in [-0.15, -0.1) is 0 Å². The van der Waals surface area contributed by atoms with E-state index in [9.17, 15) is 18.7 Å². The Morgan fingerprint density at radius 1 is 1.18 bits per heavy atom. The monoisotopic (exact) mass is 455 g/mol. The van der Waals surface area contributed by atoms with E-state index < -0.39 is 28.6 Å². The number of hydrogen-bond donors (Lipinski definition) is 1. The van der Waals surface area contributed by atoms with Crippen LogP contribution in [-0.2, 0) is 13.2 Å². The molecule has 0 spiro atoms. The lowest BCUT2D eigenvalue weighted by molar-refractivity contribution is 0.189. The van der Waals surface area contributed by atoms with Crippen LogP contribution in [0.25, 0.3) is 0 Å². The van der Waals surface area contributed by atoms with Crippen molar-refractivity contribution in [2.45, 2.75) is 32.0 Å². The molecular weight excluding hydrogens is 432 g/mol. The van der Waals surface area contributed by atoms with Gasteiger partial charge in [0.1, 0.15) is 18.2 Å². The molecule has 33 heavy (non-hydrogen) atoms. The smallest absolute Gasteiger partial charge is 0.352 e. The first-order valence-corrected chi connectivity index (χ1v) is 10.7. The molecular formula is C24H23F2N3O4. The zero-order chi connectivity index (χ0) is 23.2. The van der Waals surface area contributed by atoms with Gasteiger partial charge in [-0.2, -0.15) is 4.98 Å². The molecule has 2 aromatic carbocycles. The zero-order valence-electron chi connectivity index (χ0n) is 18.0. The lowest BCUT2D eigenvalue weighted by atomic mass is 9.94. The number of hydrogen-bond acceptors (Lipinski definition) is 6. The Kier molecular flexibility index (Phi) is 5.28. The summed E-state index contributed by atoms with van der Waals surface area (Å²) in [7, 11) is 0. The molecule has 5 rings (SSSR count). The van der Waals surface area contributed by atoms with Crippen molar-refractivity contribution >= 4 is 5.82 Å². The van der Waals surface area contributed by atoms with Crippen LogP contribution < -0.4 is 20.1 Å². The lowest BCUT2D eigenvalue weighted by Crippen LogP contribution is -2.45. The van der Waals surface area contributed by atoms with Crippen molar-refractivity contribution in [2.24, 2.45) is 5.92 Å². The fourth-order valence-corrected chi connectivity index (χ4v) is 4.79. The number of para-hydroxylation sites is 1. The summed E-state index contributed by atoms with van der Waals surface area (Å²) in [5, 5.41) is 10.0. The zero-order valence-corrected chi connectivity index (χ0v) is 18.0. The molecule has 172 valence electrons. The second-order valence-corrected chi connectivity index (χ2v) is 8.72. The first-order chi connectivity index (χ1) is 15.9. The van der Waals surface area contributed by atoms with E-state index >= 15 is 0 Å². The molecule has 9 heteroatoms. The van der Waals surface area contributed by atoms with E-state index in [0.29, 0.717) is 30.6 Å². The first-order valence-electron chi connectivity index (χ1n) is 10.7. The molecule has 1 fully saturated rings. The van der Waals surface area contributed by atoms with Crippen molar-refractivity contribution in [3.63, 3.8) is 0 Å². The van der Waals surface area contributed by atoms with Crippen LogP contribution in [0.3, 0.4) is 0 Å². The number of aliphatic hydroxyl groups is 1. The molecule has 0 unspecified atom stereocenters. The lowest BCUT2D eigenvalue weighted by Gasteiger charge is -2.30. The summed E-state index contributed by atoms with van der Waals surface area (Å²) in [5.74, 6) is -0.838. The van der Waals surface area contributed by atoms with Crippen molar-refractivity contribution < 1.29 is 23.4 Å². The Morgan fingerprint density at radius 3 is 2.61 bits per heavy atom. The topological polar surface area (TPSA) is 76.8 Å². The minimum absolute atomic E-state index is 0.0602. The molecule has 0 bridgehead atoms. The summed E-state index contributed by atoms with van der Waals surface area (Å²) in [6.45, 7) is 2.93. The van der Waals surface area contributed by atoms with Crippen LogP contribution >= 0.6 is 0 Å².